The van der Waals surface area contributed by atoms with E-state index in [0.717, 1.165) is 11.1 Å². The number of non-ortho nitro benzene ring substituents is 1. The Balaban J connectivity index is 1.48. The van der Waals surface area contributed by atoms with Gasteiger partial charge < -0.3 is 4.52 Å². The second-order valence-electron chi connectivity index (χ2n) is 6.06. The monoisotopic (exact) mass is 357 g/mol. The van der Waals surface area contributed by atoms with Crippen LogP contribution in [0.5, 0.6) is 0 Å². The molecule has 0 N–H and O–H groups in total. The molecule has 132 valence electrons. The summed E-state index contributed by atoms with van der Waals surface area (Å²) < 4.78 is 5.32. The molecule has 4 aromatic rings. The summed E-state index contributed by atoms with van der Waals surface area (Å²) in [6.45, 7) is 0. The molecule has 0 amide bonds. The van der Waals surface area contributed by atoms with Crippen LogP contribution in [0, 0.1) is 10.1 Å². The van der Waals surface area contributed by atoms with Crippen LogP contribution in [-0.2, 0) is 6.42 Å². The minimum absolute atomic E-state index is 0.0287. The second-order valence-corrected chi connectivity index (χ2v) is 6.06. The summed E-state index contributed by atoms with van der Waals surface area (Å²) in [6, 6.07) is 24.5. The molecule has 0 unspecified atom stereocenters. The summed E-state index contributed by atoms with van der Waals surface area (Å²) in [7, 11) is 0. The summed E-state index contributed by atoms with van der Waals surface area (Å²) in [4.78, 5) is 14.7. The summed E-state index contributed by atoms with van der Waals surface area (Å²) in [5.74, 6) is 0.914. The maximum absolute atomic E-state index is 10.7. The number of benzene rings is 3. The van der Waals surface area contributed by atoms with Crippen LogP contribution in [0.2, 0.25) is 0 Å². The molecule has 0 aliphatic carbocycles. The molecule has 0 saturated heterocycles. The first-order valence-corrected chi connectivity index (χ1v) is 8.41. The Morgan fingerprint density at radius 3 is 2.11 bits per heavy atom. The van der Waals surface area contributed by atoms with Crippen molar-refractivity contribution in [1.29, 1.82) is 0 Å². The van der Waals surface area contributed by atoms with Gasteiger partial charge in [0, 0.05) is 17.7 Å². The molecule has 0 spiro atoms. The van der Waals surface area contributed by atoms with Crippen LogP contribution < -0.4 is 0 Å². The Hall–Kier alpha value is -3.80. The van der Waals surface area contributed by atoms with Gasteiger partial charge in [-0.1, -0.05) is 59.8 Å². The van der Waals surface area contributed by atoms with Crippen LogP contribution in [0.4, 0.5) is 5.69 Å². The predicted molar refractivity (Wildman–Crippen MR) is 101 cm³/mol. The number of hydrogen-bond donors (Lipinski definition) is 0. The Kier molecular flexibility index (Phi) is 4.45. The van der Waals surface area contributed by atoms with Gasteiger partial charge >= 0.3 is 0 Å². The van der Waals surface area contributed by atoms with Crippen molar-refractivity contribution < 1.29 is 9.45 Å². The number of hydrogen-bond acceptors (Lipinski definition) is 5. The zero-order valence-corrected chi connectivity index (χ0v) is 14.3. The van der Waals surface area contributed by atoms with Gasteiger partial charge in [-0.3, -0.25) is 10.1 Å². The molecule has 6 nitrogen and oxygen atoms in total. The highest BCUT2D eigenvalue weighted by atomic mass is 16.6. The fourth-order valence-electron chi connectivity index (χ4n) is 2.80. The van der Waals surface area contributed by atoms with E-state index in [4.69, 9.17) is 4.52 Å². The van der Waals surface area contributed by atoms with Gasteiger partial charge in [-0.2, -0.15) is 4.98 Å². The summed E-state index contributed by atoms with van der Waals surface area (Å²) in [5, 5.41) is 14.7. The molecule has 6 heteroatoms. The molecule has 0 bridgehead atoms. The summed E-state index contributed by atoms with van der Waals surface area (Å²) in [6.07, 6.45) is 0.523. The van der Waals surface area contributed by atoms with Crippen molar-refractivity contribution in [2.24, 2.45) is 0 Å². The molecule has 1 heterocycles. The number of aromatic nitrogens is 2. The average molecular weight is 357 g/mol. The molecule has 3 aromatic carbocycles. The van der Waals surface area contributed by atoms with E-state index in [-0.39, 0.29) is 5.69 Å². The van der Waals surface area contributed by atoms with Gasteiger partial charge in [0.2, 0.25) is 11.7 Å². The van der Waals surface area contributed by atoms with E-state index >= 15 is 0 Å². The maximum atomic E-state index is 10.7. The van der Waals surface area contributed by atoms with Crippen LogP contribution in [0.25, 0.3) is 22.5 Å². The Labute approximate surface area is 155 Å². The van der Waals surface area contributed by atoms with Crippen molar-refractivity contribution >= 4 is 5.69 Å². The number of nitro groups is 1. The molecule has 0 aliphatic heterocycles. The van der Waals surface area contributed by atoms with E-state index in [1.165, 1.54) is 17.7 Å². The van der Waals surface area contributed by atoms with Gasteiger partial charge in [-0.05, 0) is 28.8 Å². The van der Waals surface area contributed by atoms with Gasteiger partial charge in [0.1, 0.15) is 0 Å². The van der Waals surface area contributed by atoms with E-state index in [9.17, 15) is 10.1 Å². The van der Waals surface area contributed by atoms with Crippen LogP contribution in [-0.4, -0.2) is 15.1 Å². The standard InChI is InChI=1S/C21H15N3O3/c25-24(26)19-12-10-18(11-13-19)21-22-20(27-23-21)14-15-6-8-17(9-7-15)16-4-2-1-3-5-16/h1-13H,14H2. The van der Waals surface area contributed by atoms with E-state index < -0.39 is 4.92 Å². The predicted octanol–water partition coefficient (Wildman–Crippen LogP) is 4.90. The molecule has 4 rings (SSSR count). The van der Waals surface area contributed by atoms with Gasteiger partial charge in [0.25, 0.3) is 5.69 Å². The fraction of sp³-hybridized carbons (Fsp3) is 0.0476. The molecule has 0 saturated carbocycles. The first kappa shape index (κ1) is 16.7. The molecular weight excluding hydrogens is 342 g/mol. The lowest BCUT2D eigenvalue weighted by molar-refractivity contribution is -0.384. The molecule has 0 radical (unpaired) electrons. The molecule has 0 atom stereocenters. The lowest BCUT2D eigenvalue weighted by Gasteiger charge is -2.02. The smallest absolute Gasteiger partial charge is 0.269 e. The Morgan fingerprint density at radius 1 is 0.815 bits per heavy atom. The topological polar surface area (TPSA) is 82.1 Å². The van der Waals surface area contributed by atoms with Crippen LogP contribution in [0.1, 0.15) is 11.5 Å². The maximum Gasteiger partial charge on any atom is 0.269 e. The molecule has 1 aromatic heterocycles. The minimum atomic E-state index is -0.440. The average Bonchev–Trinajstić information content (AvgIpc) is 3.18. The molecular formula is C21H15N3O3. The molecule has 0 fully saturated rings. The molecule has 27 heavy (non-hydrogen) atoms. The molecule has 0 aliphatic rings. The quantitative estimate of drug-likeness (QED) is 0.375. The highest BCUT2D eigenvalue weighted by Gasteiger charge is 2.11. The van der Waals surface area contributed by atoms with Crippen LogP contribution in [0.3, 0.4) is 0 Å². The van der Waals surface area contributed by atoms with Crippen LogP contribution >= 0.6 is 0 Å². The van der Waals surface area contributed by atoms with Gasteiger partial charge in [0.05, 0.1) is 11.3 Å². The number of nitrogens with zero attached hydrogens (tertiary/aromatic N) is 3. The third-order valence-electron chi connectivity index (χ3n) is 4.22. The fourth-order valence-corrected chi connectivity index (χ4v) is 2.80. The number of rotatable bonds is 5. The Bertz CT molecular complexity index is 1060. The van der Waals surface area contributed by atoms with Crippen molar-refractivity contribution in [3.63, 3.8) is 0 Å². The zero-order chi connectivity index (χ0) is 18.6. The van der Waals surface area contributed by atoms with Gasteiger partial charge in [-0.25, -0.2) is 0 Å². The summed E-state index contributed by atoms with van der Waals surface area (Å²) >= 11 is 0. The van der Waals surface area contributed by atoms with Crippen molar-refractivity contribution in [3.05, 3.63) is 100 Å². The highest BCUT2D eigenvalue weighted by molar-refractivity contribution is 5.63. The van der Waals surface area contributed by atoms with Crippen molar-refractivity contribution in [3.8, 4) is 22.5 Å². The van der Waals surface area contributed by atoms with E-state index in [1.54, 1.807) is 12.1 Å². The summed E-state index contributed by atoms with van der Waals surface area (Å²) in [5.41, 5.74) is 4.09. The number of nitro benzene ring substituents is 1. The lowest BCUT2D eigenvalue weighted by Crippen LogP contribution is -1.90. The lowest BCUT2D eigenvalue weighted by atomic mass is 10.0. The first-order valence-electron chi connectivity index (χ1n) is 8.41. The minimum Gasteiger partial charge on any atom is -0.339 e. The van der Waals surface area contributed by atoms with Crippen molar-refractivity contribution in [2.75, 3.05) is 0 Å². The zero-order valence-electron chi connectivity index (χ0n) is 14.3. The van der Waals surface area contributed by atoms with E-state index in [2.05, 4.69) is 34.4 Å². The second kappa shape index (κ2) is 7.21. The van der Waals surface area contributed by atoms with Crippen molar-refractivity contribution in [1.82, 2.24) is 10.1 Å². The largest absolute Gasteiger partial charge is 0.339 e. The van der Waals surface area contributed by atoms with Crippen LogP contribution in [0.15, 0.2) is 83.4 Å². The SMILES string of the molecule is O=[N+]([O-])c1ccc(-c2noc(Cc3ccc(-c4ccccc4)cc3)n2)cc1. The van der Waals surface area contributed by atoms with E-state index in [1.807, 2.05) is 30.3 Å². The van der Waals surface area contributed by atoms with Gasteiger partial charge in [-0.15, -0.1) is 0 Å². The van der Waals surface area contributed by atoms with Crippen molar-refractivity contribution in [2.45, 2.75) is 6.42 Å². The third-order valence-corrected chi connectivity index (χ3v) is 4.22. The van der Waals surface area contributed by atoms with E-state index in [0.29, 0.717) is 23.7 Å². The first-order chi connectivity index (χ1) is 13.2. The normalized spacial score (nSPS) is 10.7. The highest BCUT2D eigenvalue weighted by Crippen LogP contribution is 2.22. The third kappa shape index (κ3) is 3.74. The Morgan fingerprint density at radius 2 is 1.44 bits per heavy atom. The van der Waals surface area contributed by atoms with Gasteiger partial charge in [0.15, 0.2) is 0 Å².